The van der Waals surface area contributed by atoms with Crippen molar-refractivity contribution < 1.29 is 9.47 Å². The molecule has 0 amide bonds. The molecular weight excluding hydrogens is 376 g/mol. The largest absolute Gasteiger partial charge is 0.493 e. The number of rotatable bonds is 11. The Morgan fingerprint density at radius 3 is 2.30 bits per heavy atom. The molecule has 2 aromatic carbocycles. The number of nitrogens with zero attached hydrogens (tertiary/aromatic N) is 1. The fraction of sp³-hybridized carbons (Fsp3) is 0.458. The van der Waals surface area contributed by atoms with Crippen molar-refractivity contribution in [3.63, 3.8) is 0 Å². The number of guanidine groups is 1. The second-order valence-corrected chi connectivity index (χ2v) is 7.68. The Kier molecular flexibility index (Phi) is 10.0. The summed E-state index contributed by atoms with van der Waals surface area (Å²) in [6.07, 6.45) is 0. The second kappa shape index (κ2) is 12.8. The van der Waals surface area contributed by atoms with Crippen molar-refractivity contribution in [2.45, 2.75) is 33.4 Å². The highest BCUT2D eigenvalue weighted by molar-refractivity contribution is 5.80. The van der Waals surface area contributed by atoms with Gasteiger partial charge < -0.3 is 25.4 Å². The Labute approximate surface area is 181 Å². The van der Waals surface area contributed by atoms with Gasteiger partial charge in [0.05, 0.1) is 19.3 Å². The van der Waals surface area contributed by atoms with E-state index in [0.717, 1.165) is 30.5 Å². The van der Waals surface area contributed by atoms with Gasteiger partial charge >= 0.3 is 0 Å². The lowest BCUT2D eigenvalue weighted by atomic mass is 10.1. The molecule has 0 aliphatic rings. The van der Waals surface area contributed by atoms with Gasteiger partial charge in [0.1, 0.15) is 5.75 Å². The average molecular weight is 413 g/mol. The van der Waals surface area contributed by atoms with E-state index in [-0.39, 0.29) is 6.04 Å². The Morgan fingerprint density at radius 2 is 1.70 bits per heavy atom. The molecule has 0 saturated heterocycles. The van der Waals surface area contributed by atoms with Crippen molar-refractivity contribution in [3.05, 3.63) is 59.7 Å². The number of nitrogens with one attached hydrogen (secondary N) is 3. The van der Waals surface area contributed by atoms with Crippen molar-refractivity contribution in [2.75, 3.05) is 39.2 Å². The maximum Gasteiger partial charge on any atom is 0.191 e. The maximum absolute atomic E-state index is 5.76. The Morgan fingerprint density at radius 1 is 1.00 bits per heavy atom. The first kappa shape index (κ1) is 23.5. The van der Waals surface area contributed by atoms with Crippen LogP contribution in [0.5, 0.6) is 5.75 Å². The zero-order valence-corrected chi connectivity index (χ0v) is 18.9. The molecule has 164 valence electrons. The number of methoxy groups -OCH3 is 1. The van der Waals surface area contributed by atoms with E-state index < -0.39 is 0 Å². The molecule has 6 heteroatoms. The number of ether oxygens (including phenoxy) is 2. The average Bonchev–Trinajstić information content (AvgIpc) is 2.76. The quantitative estimate of drug-likeness (QED) is 0.293. The molecule has 1 unspecified atom stereocenters. The van der Waals surface area contributed by atoms with Crippen LogP contribution >= 0.6 is 0 Å². The van der Waals surface area contributed by atoms with Gasteiger partial charge in [-0.2, -0.15) is 0 Å². The molecule has 2 aromatic rings. The zero-order chi connectivity index (χ0) is 21.8. The van der Waals surface area contributed by atoms with E-state index in [2.05, 4.69) is 78.1 Å². The Hall–Kier alpha value is -2.73. The number of benzene rings is 2. The highest BCUT2D eigenvalue weighted by Crippen LogP contribution is 2.18. The van der Waals surface area contributed by atoms with Crippen LogP contribution < -0.4 is 20.7 Å². The molecule has 0 aliphatic heterocycles. The summed E-state index contributed by atoms with van der Waals surface area (Å²) in [7, 11) is 3.49. The second-order valence-electron chi connectivity index (χ2n) is 7.68. The lowest BCUT2D eigenvalue weighted by Crippen LogP contribution is -2.38. The molecule has 30 heavy (non-hydrogen) atoms. The van der Waals surface area contributed by atoms with Crippen LogP contribution in [-0.4, -0.2) is 39.9 Å². The Balaban J connectivity index is 1.82. The summed E-state index contributed by atoms with van der Waals surface area (Å²) in [5.41, 5.74) is 3.46. The normalized spacial score (nSPS) is 12.5. The highest BCUT2D eigenvalue weighted by atomic mass is 16.5. The predicted molar refractivity (Wildman–Crippen MR) is 125 cm³/mol. The van der Waals surface area contributed by atoms with Gasteiger partial charge in [0, 0.05) is 32.9 Å². The molecule has 0 heterocycles. The van der Waals surface area contributed by atoms with E-state index in [1.54, 1.807) is 14.2 Å². The molecule has 0 spiro atoms. The Bertz CT molecular complexity index is 758. The zero-order valence-electron chi connectivity index (χ0n) is 18.9. The van der Waals surface area contributed by atoms with E-state index in [4.69, 9.17) is 9.47 Å². The van der Waals surface area contributed by atoms with E-state index in [9.17, 15) is 0 Å². The van der Waals surface area contributed by atoms with Crippen molar-refractivity contribution in [1.82, 2.24) is 10.6 Å². The number of hydrogen-bond donors (Lipinski definition) is 3. The molecule has 0 saturated carbocycles. The minimum atomic E-state index is 0.128. The summed E-state index contributed by atoms with van der Waals surface area (Å²) >= 11 is 0. The first-order chi connectivity index (χ1) is 14.5. The van der Waals surface area contributed by atoms with Gasteiger partial charge in [-0.3, -0.25) is 4.99 Å². The summed E-state index contributed by atoms with van der Waals surface area (Å²) in [6.45, 7) is 9.34. The molecule has 2 rings (SSSR count). The first-order valence-corrected chi connectivity index (χ1v) is 10.5. The molecule has 3 N–H and O–H groups in total. The third-order valence-corrected chi connectivity index (χ3v) is 4.59. The summed E-state index contributed by atoms with van der Waals surface area (Å²) < 4.78 is 10.8. The van der Waals surface area contributed by atoms with Crippen LogP contribution in [0.4, 0.5) is 5.69 Å². The van der Waals surface area contributed by atoms with Crippen molar-refractivity contribution in [3.8, 4) is 5.75 Å². The minimum Gasteiger partial charge on any atom is -0.493 e. The van der Waals surface area contributed by atoms with Crippen LogP contribution in [0.25, 0.3) is 0 Å². The van der Waals surface area contributed by atoms with Crippen LogP contribution in [0, 0.1) is 5.92 Å². The molecule has 6 nitrogen and oxygen atoms in total. The fourth-order valence-corrected chi connectivity index (χ4v) is 2.82. The van der Waals surface area contributed by atoms with Gasteiger partial charge in [0.2, 0.25) is 0 Å². The van der Waals surface area contributed by atoms with Crippen LogP contribution in [0.1, 0.15) is 37.9 Å². The lowest BCUT2D eigenvalue weighted by molar-refractivity contribution is 0.211. The predicted octanol–water partition coefficient (Wildman–Crippen LogP) is 4.21. The summed E-state index contributed by atoms with van der Waals surface area (Å²) in [5, 5.41) is 10.1. The van der Waals surface area contributed by atoms with E-state index >= 15 is 0 Å². The smallest absolute Gasteiger partial charge is 0.191 e. The van der Waals surface area contributed by atoms with Crippen molar-refractivity contribution in [1.29, 1.82) is 0 Å². The van der Waals surface area contributed by atoms with Gasteiger partial charge in [0.25, 0.3) is 0 Å². The number of hydrogen-bond acceptors (Lipinski definition) is 4. The molecule has 0 radical (unpaired) electrons. The summed E-state index contributed by atoms with van der Waals surface area (Å²) in [6, 6.07) is 16.7. The number of anilines is 1. The van der Waals surface area contributed by atoms with Gasteiger partial charge in [-0.15, -0.1) is 0 Å². The molecule has 0 bridgehead atoms. The third kappa shape index (κ3) is 8.33. The lowest BCUT2D eigenvalue weighted by Gasteiger charge is -2.19. The standard InChI is InChI=1S/C24H36N4O2/c1-18(2)17-30-23-12-8-21(9-13-23)19(3)28-24(25-4)27-16-20-6-10-22(11-7-20)26-14-15-29-5/h6-13,18-19,26H,14-17H2,1-5H3,(H2,25,27,28). The van der Waals surface area contributed by atoms with E-state index in [1.807, 2.05) is 12.1 Å². The van der Waals surface area contributed by atoms with Crippen LogP contribution in [0.3, 0.4) is 0 Å². The van der Waals surface area contributed by atoms with E-state index in [0.29, 0.717) is 19.1 Å². The molecule has 0 aliphatic carbocycles. The topological polar surface area (TPSA) is 66.9 Å². The maximum atomic E-state index is 5.76. The summed E-state index contributed by atoms with van der Waals surface area (Å²) in [5.74, 6) is 2.19. The van der Waals surface area contributed by atoms with Crippen molar-refractivity contribution >= 4 is 11.6 Å². The first-order valence-electron chi connectivity index (χ1n) is 10.5. The molecular formula is C24H36N4O2. The SMILES string of the molecule is CN=C(NCc1ccc(NCCOC)cc1)NC(C)c1ccc(OCC(C)C)cc1. The van der Waals surface area contributed by atoms with E-state index in [1.165, 1.54) is 11.1 Å². The number of aliphatic imine (C=N–C) groups is 1. The van der Waals surface area contributed by atoms with Crippen LogP contribution in [0.2, 0.25) is 0 Å². The molecule has 0 aromatic heterocycles. The monoisotopic (exact) mass is 412 g/mol. The summed E-state index contributed by atoms with van der Waals surface area (Å²) in [4.78, 5) is 4.35. The van der Waals surface area contributed by atoms with Crippen molar-refractivity contribution in [2.24, 2.45) is 10.9 Å². The van der Waals surface area contributed by atoms with Gasteiger partial charge in [-0.1, -0.05) is 38.1 Å². The minimum absolute atomic E-state index is 0.128. The van der Waals surface area contributed by atoms with Gasteiger partial charge in [0.15, 0.2) is 5.96 Å². The van der Waals surface area contributed by atoms with Gasteiger partial charge in [-0.25, -0.2) is 0 Å². The molecule has 0 fully saturated rings. The third-order valence-electron chi connectivity index (χ3n) is 4.59. The highest BCUT2D eigenvalue weighted by Gasteiger charge is 2.08. The van der Waals surface area contributed by atoms with Crippen LogP contribution in [-0.2, 0) is 11.3 Å². The fourth-order valence-electron chi connectivity index (χ4n) is 2.82. The van der Waals surface area contributed by atoms with Gasteiger partial charge in [-0.05, 0) is 48.2 Å². The van der Waals surface area contributed by atoms with Crippen LogP contribution in [0.15, 0.2) is 53.5 Å². The molecule has 1 atom stereocenters.